The highest BCUT2D eigenvalue weighted by molar-refractivity contribution is 5.54. The van der Waals surface area contributed by atoms with E-state index < -0.39 is 5.88 Å². The summed E-state index contributed by atoms with van der Waals surface area (Å²) in [6.07, 6.45) is 0.621. The van der Waals surface area contributed by atoms with E-state index >= 15 is 0 Å². The van der Waals surface area contributed by atoms with Crippen molar-refractivity contribution in [3.63, 3.8) is 0 Å². The van der Waals surface area contributed by atoms with Crippen molar-refractivity contribution in [3.8, 4) is 17.7 Å². The summed E-state index contributed by atoms with van der Waals surface area (Å²) in [4.78, 5) is 6.27. The van der Waals surface area contributed by atoms with Crippen LogP contribution in [0, 0.1) is 11.3 Å². The van der Waals surface area contributed by atoms with Crippen LogP contribution >= 0.6 is 0 Å². The SMILES string of the molecule is N#Cc1c(O)nc2c(c1O)CCN(Cc1ccccc1)C2. The van der Waals surface area contributed by atoms with E-state index in [2.05, 4.69) is 22.0 Å². The molecule has 1 aliphatic rings. The number of rotatable bonds is 2. The maximum Gasteiger partial charge on any atom is 0.233 e. The van der Waals surface area contributed by atoms with E-state index in [0.717, 1.165) is 13.1 Å². The molecule has 2 heterocycles. The molecule has 5 heteroatoms. The predicted molar refractivity (Wildman–Crippen MR) is 76.5 cm³/mol. The van der Waals surface area contributed by atoms with E-state index in [9.17, 15) is 10.2 Å². The Morgan fingerprint density at radius 1 is 1.24 bits per heavy atom. The summed E-state index contributed by atoms with van der Waals surface area (Å²) >= 11 is 0. The van der Waals surface area contributed by atoms with Crippen LogP contribution in [0.3, 0.4) is 0 Å². The minimum Gasteiger partial charge on any atom is -0.506 e. The molecule has 21 heavy (non-hydrogen) atoms. The largest absolute Gasteiger partial charge is 0.506 e. The molecule has 0 fully saturated rings. The molecule has 0 aliphatic carbocycles. The number of fused-ring (bicyclic) bond motifs is 1. The molecule has 0 spiro atoms. The zero-order valence-corrected chi connectivity index (χ0v) is 11.5. The summed E-state index contributed by atoms with van der Waals surface area (Å²) in [6, 6.07) is 11.9. The van der Waals surface area contributed by atoms with E-state index in [-0.39, 0.29) is 11.3 Å². The average molecular weight is 281 g/mol. The van der Waals surface area contributed by atoms with Gasteiger partial charge >= 0.3 is 0 Å². The molecule has 106 valence electrons. The summed E-state index contributed by atoms with van der Waals surface area (Å²) < 4.78 is 0. The van der Waals surface area contributed by atoms with Crippen molar-refractivity contribution in [2.24, 2.45) is 0 Å². The van der Waals surface area contributed by atoms with Gasteiger partial charge in [0.25, 0.3) is 0 Å². The normalized spacial score (nSPS) is 14.4. The van der Waals surface area contributed by atoms with Gasteiger partial charge in [-0.1, -0.05) is 30.3 Å². The summed E-state index contributed by atoms with van der Waals surface area (Å²) in [5, 5.41) is 28.7. The fraction of sp³-hybridized carbons (Fsp3) is 0.250. The number of aromatic hydroxyl groups is 2. The Hall–Kier alpha value is -2.58. The molecule has 0 amide bonds. The quantitative estimate of drug-likeness (QED) is 0.879. The van der Waals surface area contributed by atoms with Gasteiger partial charge in [-0.2, -0.15) is 5.26 Å². The van der Waals surface area contributed by atoms with Crippen LogP contribution in [0.4, 0.5) is 0 Å². The highest BCUT2D eigenvalue weighted by Crippen LogP contribution is 2.33. The van der Waals surface area contributed by atoms with Crippen molar-refractivity contribution in [2.75, 3.05) is 6.54 Å². The van der Waals surface area contributed by atoms with Gasteiger partial charge in [0.2, 0.25) is 5.88 Å². The number of benzene rings is 1. The maximum atomic E-state index is 10.1. The van der Waals surface area contributed by atoms with Crippen molar-refractivity contribution in [2.45, 2.75) is 19.5 Å². The molecule has 1 aromatic heterocycles. The van der Waals surface area contributed by atoms with Crippen LogP contribution in [0.15, 0.2) is 30.3 Å². The van der Waals surface area contributed by atoms with Gasteiger partial charge in [-0.05, 0) is 12.0 Å². The second-order valence-electron chi connectivity index (χ2n) is 5.14. The minimum atomic E-state index is -0.393. The van der Waals surface area contributed by atoms with Gasteiger partial charge in [0.1, 0.15) is 11.8 Å². The second kappa shape index (κ2) is 5.43. The summed E-state index contributed by atoms with van der Waals surface area (Å²) in [7, 11) is 0. The van der Waals surface area contributed by atoms with Crippen LogP contribution in [-0.4, -0.2) is 26.6 Å². The Kier molecular flexibility index (Phi) is 3.46. The lowest BCUT2D eigenvalue weighted by Gasteiger charge is -2.28. The Labute approximate surface area is 122 Å². The lowest BCUT2D eigenvalue weighted by molar-refractivity contribution is 0.237. The Morgan fingerprint density at radius 3 is 2.71 bits per heavy atom. The van der Waals surface area contributed by atoms with Gasteiger partial charge in [0.05, 0.1) is 5.69 Å². The number of nitrogens with zero attached hydrogens (tertiary/aromatic N) is 3. The molecular weight excluding hydrogens is 266 g/mol. The number of aromatic nitrogens is 1. The van der Waals surface area contributed by atoms with Crippen LogP contribution in [0.1, 0.15) is 22.4 Å². The first-order chi connectivity index (χ1) is 10.2. The zero-order chi connectivity index (χ0) is 14.8. The summed E-state index contributed by atoms with van der Waals surface area (Å²) in [5.41, 5.74) is 2.40. The molecule has 0 radical (unpaired) electrons. The van der Waals surface area contributed by atoms with E-state index in [1.54, 1.807) is 6.07 Å². The molecule has 0 unspecified atom stereocenters. The highest BCUT2D eigenvalue weighted by atomic mass is 16.3. The van der Waals surface area contributed by atoms with Crippen LogP contribution < -0.4 is 0 Å². The van der Waals surface area contributed by atoms with Gasteiger partial charge in [-0.25, -0.2) is 4.98 Å². The molecule has 2 aromatic rings. The first kappa shape index (κ1) is 13.4. The first-order valence-corrected chi connectivity index (χ1v) is 6.79. The van der Waals surface area contributed by atoms with Crippen LogP contribution in [0.5, 0.6) is 11.6 Å². The molecular formula is C16H15N3O2. The number of nitriles is 1. The van der Waals surface area contributed by atoms with Gasteiger partial charge in [0, 0.05) is 25.2 Å². The third-order valence-corrected chi connectivity index (χ3v) is 3.75. The zero-order valence-electron chi connectivity index (χ0n) is 11.5. The molecule has 1 aromatic carbocycles. The van der Waals surface area contributed by atoms with Gasteiger partial charge in [0.15, 0.2) is 5.56 Å². The molecule has 3 rings (SSSR count). The standard InChI is InChI=1S/C16H15N3O2/c17-8-13-15(20)12-6-7-19(10-14(12)18-16(13)21)9-11-4-2-1-3-5-11/h1-5H,6-7,9-10H2,(H2,18,20,21). The lowest BCUT2D eigenvalue weighted by atomic mass is 10.0. The van der Waals surface area contributed by atoms with Gasteiger partial charge < -0.3 is 10.2 Å². The topological polar surface area (TPSA) is 80.4 Å². The first-order valence-electron chi connectivity index (χ1n) is 6.79. The Balaban J connectivity index is 1.85. The Morgan fingerprint density at radius 2 is 2.00 bits per heavy atom. The van der Waals surface area contributed by atoms with Gasteiger partial charge in [-0.3, -0.25) is 4.90 Å². The number of hydrogen-bond acceptors (Lipinski definition) is 5. The number of pyridine rings is 1. The van der Waals surface area contributed by atoms with Crippen molar-refractivity contribution in [1.29, 1.82) is 5.26 Å². The third kappa shape index (κ3) is 2.54. The molecule has 0 atom stereocenters. The van der Waals surface area contributed by atoms with E-state index in [1.165, 1.54) is 5.56 Å². The van der Waals surface area contributed by atoms with Crippen LogP contribution in [0.25, 0.3) is 0 Å². The molecule has 0 bridgehead atoms. The van der Waals surface area contributed by atoms with Crippen molar-refractivity contribution >= 4 is 0 Å². The molecule has 5 nitrogen and oxygen atoms in total. The fourth-order valence-electron chi connectivity index (χ4n) is 2.68. The third-order valence-electron chi connectivity index (χ3n) is 3.75. The van der Waals surface area contributed by atoms with Crippen LogP contribution in [0.2, 0.25) is 0 Å². The molecule has 0 saturated carbocycles. The Bertz CT molecular complexity index is 708. The summed E-state index contributed by atoms with van der Waals surface area (Å²) in [5.74, 6) is -0.519. The fourth-order valence-corrected chi connectivity index (χ4v) is 2.68. The monoisotopic (exact) mass is 281 g/mol. The van der Waals surface area contributed by atoms with Crippen LogP contribution in [-0.2, 0) is 19.5 Å². The van der Waals surface area contributed by atoms with Gasteiger partial charge in [-0.15, -0.1) is 0 Å². The summed E-state index contributed by atoms with van der Waals surface area (Å²) in [6.45, 7) is 2.13. The van der Waals surface area contributed by atoms with Crippen molar-refractivity contribution in [3.05, 3.63) is 52.7 Å². The smallest absolute Gasteiger partial charge is 0.233 e. The maximum absolute atomic E-state index is 10.1. The molecule has 0 saturated heterocycles. The second-order valence-corrected chi connectivity index (χ2v) is 5.14. The molecule has 1 aliphatic heterocycles. The highest BCUT2D eigenvalue weighted by Gasteiger charge is 2.24. The van der Waals surface area contributed by atoms with Crippen molar-refractivity contribution < 1.29 is 10.2 Å². The van der Waals surface area contributed by atoms with Crippen molar-refractivity contribution in [1.82, 2.24) is 9.88 Å². The minimum absolute atomic E-state index is 0.126. The van der Waals surface area contributed by atoms with E-state index in [1.807, 2.05) is 18.2 Å². The average Bonchev–Trinajstić information content (AvgIpc) is 2.48. The molecule has 2 N–H and O–H groups in total. The number of hydrogen-bond donors (Lipinski definition) is 2. The predicted octanol–water partition coefficient (Wildman–Crippen LogP) is 1.92. The lowest BCUT2D eigenvalue weighted by Crippen LogP contribution is -2.31. The van der Waals surface area contributed by atoms with E-state index in [4.69, 9.17) is 5.26 Å². The van der Waals surface area contributed by atoms with E-state index in [0.29, 0.717) is 24.2 Å².